The number of para-hydroxylation sites is 1. The van der Waals surface area contributed by atoms with Crippen molar-refractivity contribution in [2.24, 2.45) is 0 Å². The van der Waals surface area contributed by atoms with Crippen LogP contribution in [0.2, 0.25) is 5.02 Å². The number of amides is 1. The standard InChI is InChI=1S/C20H28ClNO3/c1-2-3-4-5-6-7-8-11-16-25-20(24)15-14-19(23)22-18-13-10-9-12-17(18)21/h9-10,12-15H,2-8,11,16H2,1H3,(H,22,23)/b15-14+. The number of hydrogen-bond donors (Lipinski definition) is 1. The number of nitrogens with one attached hydrogen (secondary N) is 1. The Kier molecular flexibility index (Phi) is 11.4. The molecule has 0 fully saturated rings. The highest BCUT2D eigenvalue weighted by molar-refractivity contribution is 6.33. The molecule has 0 radical (unpaired) electrons. The van der Waals surface area contributed by atoms with Gasteiger partial charge in [0.2, 0.25) is 5.91 Å². The second kappa shape index (κ2) is 13.5. The van der Waals surface area contributed by atoms with Crippen LogP contribution in [0.25, 0.3) is 0 Å². The number of carbonyl (C=O) groups excluding carboxylic acids is 2. The highest BCUT2D eigenvalue weighted by Gasteiger charge is 2.03. The largest absolute Gasteiger partial charge is 0.463 e. The van der Waals surface area contributed by atoms with Crippen LogP contribution < -0.4 is 5.32 Å². The number of benzene rings is 1. The molecule has 0 spiro atoms. The fourth-order valence-electron chi connectivity index (χ4n) is 2.34. The molecule has 0 aromatic heterocycles. The third-order valence-corrected chi connectivity index (χ3v) is 4.07. The molecule has 0 unspecified atom stereocenters. The van der Waals surface area contributed by atoms with E-state index in [9.17, 15) is 9.59 Å². The first kappa shape index (κ1) is 21.2. The summed E-state index contributed by atoms with van der Waals surface area (Å²) in [7, 11) is 0. The van der Waals surface area contributed by atoms with E-state index in [-0.39, 0.29) is 0 Å². The van der Waals surface area contributed by atoms with Crippen LogP contribution in [0.15, 0.2) is 36.4 Å². The molecule has 25 heavy (non-hydrogen) atoms. The molecule has 0 saturated heterocycles. The molecule has 1 aromatic carbocycles. The van der Waals surface area contributed by atoms with Gasteiger partial charge < -0.3 is 10.1 Å². The molecule has 1 amide bonds. The Labute approximate surface area is 155 Å². The van der Waals surface area contributed by atoms with Gasteiger partial charge in [-0.05, 0) is 18.6 Å². The minimum atomic E-state index is -0.503. The van der Waals surface area contributed by atoms with Crippen molar-refractivity contribution < 1.29 is 14.3 Å². The number of unbranched alkanes of at least 4 members (excludes halogenated alkanes) is 7. The summed E-state index contributed by atoms with van der Waals surface area (Å²) >= 11 is 5.95. The molecule has 0 atom stereocenters. The van der Waals surface area contributed by atoms with E-state index in [2.05, 4.69) is 12.2 Å². The summed E-state index contributed by atoms with van der Waals surface area (Å²) in [6.07, 6.45) is 11.8. The molecule has 0 bridgehead atoms. The Hall–Kier alpha value is -1.81. The van der Waals surface area contributed by atoms with Crippen molar-refractivity contribution in [3.05, 3.63) is 41.4 Å². The molecule has 5 heteroatoms. The van der Waals surface area contributed by atoms with Crippen molar-refractivity contribution in [2.75, 3.05) is 11.9 Å². The summed E-state index contributed by atoms with van der Waals surface area (Å²) in [6.45, 7) is 2.60. The summed E-state index contributed by atoms with van der Waals surface area (Å²) < 4.78 is 5.08. The van der Waals surface area contributed by atoms with E-state index in [0.29, 0.717) is 17.3 Å². The minimum absolute atomic E-state index is 0.393. The summed E-state index contributed by atoms with van der Waals surface area (Å²) in [5, 5.41) is 3.05. The first-order valence-corrected chi connectivity index (χ1v) is 9.41. The molecule has 0 saturated carbocycles. The van der Waals surface area contributed by atoms with Gasteiger partial charge in [0.05, 0.1) is 17.3 Å². The topological polar surface area (TPSA) is 55.4 Å². The smallest absolute Gasteiger partial charge is 0.330 e. The molecular weight excluding hydrogens is 338 g/mol. The van der Waals surface area contributed by atoms with Crippen molar-refractivity contribution in [2.45, 2.75) is 58.3 Å². The second-order valence-electron chi connectivity index (χ2n) is 5.94. The van der Waals surface area contributed by atoms with E-state index in [0.717, 1.165) is 25.0 Å². The lowest BCUT2D eigenvalue weighted by Crippen LogP contribution is -2.10. The first-order chi connectivity index (χ1) is 12.1. The van der Waals surface area contributed by atoms with E-state index in [1.165, 1.54) is 38.5 Å². The molecule has 0 aliphatic heterocycles. The fourth-order valence-corrected chi connectivity index (χ4v) is 2.52. The Morgan fingerprint density at radius 2 is 1.64 bits per heavy atom. The number of anilines is 1. The molecule has 1 N–H and O–H groups in total. The van der Waals surface area contributed by atoms with Crippen LogP contribution in [0.5, 0.6) is 0 Å². The lowest BCUT2D eigenvalue weighted by Gasteiger charge is -2.04. The summed E-state index contributed by atoms with van der Waals surface area (Å²) in [4.78, 5) is 23.3. The maximum atomic E-state index is 11.7. The quantitative estimate of drug-likeness (QED) is 0.301. The molecule has 4 nitrogen and oxygen atoms in total. The number of carbonyl (C=O) groups is 2. The van der Waals surface area contributed by atoms with Crippen molar-refractivity contribution in [3.63, 3.8) is 0 Å². The van der Waals surface area contributed by atoms with Crippen LogP contribution in [0.1, 0.15) is 58.3 Å². The maximum absolute atomic E-state index is 11.7. The highest BCUT2D eigenvalue weighted by Crippen LogP contribution is 2.20. The Balaban J connectivity index is 2.10. The SMILES string of the molecule is CCCCCCCCCCOC(=O)/C=C/C(=O)Nc1ccccc1Cl. The average Bonchev–Trinajstić information content (AvgIpc) is 2.60. The van der Waals surface area contributed by atoms with Crippen LogP contribution in [0.3, 0.4) is 0 Å². The van der Waals surface area contributed by atoms with Crippen LogP contribution in [0, 0.1) is 0 Å². The normalized spacial score (nSPS) is 10.8. The van der Waals surface area contributed by atoms with Gasteiger partial charge in [-0.3, -0.25) is 4.79 Å². The highest BCUT2D eigenvalue weighted by atomic mass is 35.5. The van der Waals surface area contributed by atoms with Gasteiger partial charge in [-0.25, -0.2) is 4.79 Å². The lowest BCUT2D eigenvalue weighted by molar-refractivity contribution is -0.138. The molecule has 0 heterocycles. The van der Waals surface area contributed by atoms with Crippen molar-refractivity contribution in [1.82, 2.24) is 0 Å². The number of ether oxygens (including phenoxy) is 1. The van der Waals surface area contributed by atoms with E-state index in [4.69, 9.17) is 16.3 Å². The predicted octanol–water partition coefficient (Wildman–Crippen LogP) is 5.52. The zero-order valence-electron chi connectivity index (χ0n) is 14.9. The van der Waals surface area contributed by atoms with Gasteiger partial charge >= 0.3 is 5.97 Å². The van der Waals surface area contributed by atoms with Gasteiger partial charge in [-0.15, -0.1) is 0 Å². The van der Waals surface area contributed by atoms with Gasteiger partial charge in [0.15, 0.2) is 0 Å². The third kappa shape index (κ3) is 10.6. The zero-order valence-corrected chi connectivity index (χ0v) is 15.7. The summed E-state index contributed by atoms with van der Waals surface area (Å²) in [5.74, 6) is -0.922. The zero-order chi connectivity index (χ0) is 18.3. The Morgan fingerprint density at radius 3 is 2.32 bits per heavy atom. The van der Waals surface area contributed by atoms with Gasteiger partial charge in [-0.1, -0.05) is 75.6 Å². The summed E-state index contributed by atoms with van der Waals surface area (Å²) in [6, 6.07) is 6.91. The van der Waals surface area contributed by atoms with Crippen molar-refractivity contribution in [3.8, 4) is 0 Å². The number of rotatable bonds is 12. The predicted molar refractivity (Wildman–Crippen MR) is 103 cm³/mol. The van der Waals surface area contributed by atoms with Crippen molar-refractivity contribution >= 4 is 29.2 Å². The molecule has 0 aliphatic rings. The maximum Gasteiger partial charge on any atom is 0.330 e. The number of halogens is 1. The van der Waals surface area contributed by atoms with Gasteiger partial charge in [0, 0.05) is 12.2 Å². The Morgan fingerprint density at radius 1 is 1.00 bits per heavy atom. The first-order valence-electron chi connectivity index (χ1n) is 9.04. The summed E-state index contributed by atoms with van der Waals surface area (Å²) in [5.41, 5.74) is 0.506. The minimum Gasteiger partial charge on any atom is -0.463 e. The van der Waals surface area contributed by atoms with Crippen LogP contribution >= 0.6 is 11.6 Å². The number of hydrogen-bond acceptors (Lipinski definition) is 3. The molecule has 1 rings (SSSR count). The van der Waals surface area contributed by atoms with Crippen LogP contribution in [-0.2, 0) is 14.3 Å². The molecule has 138 valence electrons. The van der Waals surface area contributed by atoms with E-state index < -0.39 is 11.9 Å². The molecule has 0 aliphatic carbocycles. The Bertz CT molecular complexity index is 558. The van der Waals surface area contributed by atoms with Gasteiger partial charge in [0.1, 0.15) is 0 Å². The monoisotopic (exact) mass is 365 g/mol. The lowest BCUT2D eigenvalue weighted by atomic mass is 10.1. The van der Waals surface area contributed by atoms with Gasteiger partial charge in [0.25, 0.3) is 0 Å². The van der Waals surface area contributed by atoms with Crippen LogP contribution in [0.4, 0.5) is 5.69 Å². The third-order valence-electron chi connectivity index (χ3n) is 3.74. The average molecular weight is 366 g/mol. The van der Waals surface area contributed by atoms with E-state index >= 15 is 0 Å². The van der Waals surface area contributed by atoms with Crippen molar-refractivity contribution in [1.29, 1.82) is 0 Å². The molecule has 1 aromatic rings. The molecular formula is C20H28ClNO3. The van der Waals surface area contributed by atoms with Gasteiger partial charge in [-0.2, -0.15) is 0 Å². The second-order valence-corrected chi connectivity index (χ2v) is 6.35. The van der Waals surface area contributed by atoms with Crippen LogP contribution in [-0.4, -0.2) is 18.5 Å². The number of esters is 1. The van der Waals surface area contributed by atoms with E-state index in [1.54, 1.807) is 24.3 Å². The fraction of sp³-hybridized carbons (Fsp3) is 0.500. The van der Waals surface area contributed by atoms with E-state index in [1.807, 2.05) is 0 Å².